The summed E-state index contributed by atoms with van der Waals surface area (Å²) in [6.45, 7) is 10.8. The lowest BCUT2D eigenvalue weighted by Crippen LogP contribution is -1.83. The molecule has 0 heterocycles. The van der Waals surface area contributed by atoms with Gasteiger partial charge in [0.25, 0.3) is 0 Å². The van der Waals surface area contributed by atoms with Crippen molar-refractivity contribution in [1.29, 1.82) is 0 Å². The smallest absolute Gasteiger partial charge is 0.103 e. The Kier molecular flexibility index (Phi) is 26.2. The average Bonchev–Trinajstić information content (AvgIpc) is 2.37. The first-order valence-corrected chi connectivity index (χ1v) is 8.95. The second kappa shape index (κ2) is 15.9. The molecule has 2 atom stereocenters. The zero-order chi connectivity index (χ0) is 13.2. The summed E-state index contributed by atoms with van der Waals surface area (Å²) in [7, 11) is -0.0484. The average molecular weight is 314 g/mol. The molecule has 0 saturated carbocycles. The van der Waals surface area contributed by atoms with Crippen LogP contribution in [0.5, 0.6) is 0 Å². The van der Waals surface area contributed by atoms with Crippen LogP contribution in [0.2, 0.25) is 0 Å². The van der Waals surface area contributed by atoms with Gasteiger partial charge in [-0.2, -0.15) is 0 Å². The van der Waals surface area contributed by atoms with Crippen molar-refractivity contribution in [2.75, 3.05) is 26.5 Å². The maximum Gasteiger partial charge on any atom is 0.103 e. The molecule has 0 spiro atoms. The lowest BCUT2D eigenvalue weighted by Gasteiger charge is -2.12. The van der Waals surface area contributed by atoms with Crippen LogP contribution >= 0.6 is 14.5 Å². The molecular formula is C13H36N2O2P2. The molecule has 0 aromatic heterocycles. The minimum Gasteiger partial charge on any atom is -0.344 e. The van der Waals surface area contributed by atoms with Gasteiger partial charge in [-0.25, -0.2) is 0 Å². The van der Waals surface area contributed by atoms with E-state index in [4.69, 9.17) is 9.05 Å². The summed E-state index contributed by atoms with van der Waals surface area (Å²) in [4.78, 5) is 0. The van der Waals surface area contributed by atoms with Crippen LogP contribution < -0.4 is 0 Å². The van der Waals surface area contributed by atoms with Crippen molar-refractivity contribution < 1.29 is 9.05 Å². The number of nitrogens with zero attached hydrogens (tertiary/aromatic N) is 2. The highest BCUT2D eigenvalue weighted by Gasteiger charge is 2.03. The van der Waals surface area contributed by atoms with E-state index in [1.54, 1.807) is 14.2 Å². The van der Waals surface area contributed by atoms with Crippen molar-refractivity contribution in [3.63, 3.8) is 0 Å². The summed E-state index contributed by atoms with van der Waals surface area (Å²) in [6, 6.07) is 0. The fourth-order valence-electron chi connectivity index (χ4n) is 0.574. The van der Waals surface area contributed by atoms with Crippen LogP contribution in [0, 0.1) is 0 Å². The van der Waals surface area contributed by atoms with Crippen molar-refractivity contribution in [2.24, 2.45) is 9.53 Å². The van der Waals surface area contributed by atoms with Crippen LogP contribution in [-0.2, 0) is 9.05 Å². The Morgan fingerprint density at radius 3 is 1.00 bits per heavy atom. The summed E-state index contributed by atoms with van der Waals surface area (Å²) < 4.78 is 17.6. The summed E-state index contributed by atoms with van der Waals surface area (Å²) >= 11 is 0. The molecule has 0 bridgehead atoms. The van der Waals surface area contributed by atoms with Gasteiger partial charge in [0.15, 0.2) is 0 Å². The SMILES string of the molecule is C.C.C.C=NP(=C)(CC)OC.C=NP(=C)(CC)OC. The molecule has 0 aliphatic rings. The van der Waals surface area contributed by atoms with E-state index in [2.05, 4.69) is 35.6 Å². The van der Waals surface area contributed by atoms with E-state index in [9.17, 15) is 0 Å². The van der Waals surface area contributed by atoms with E-state index in [1.165, 1.54) is 0 Å². The Balaban J connectivity index is -0.0000000594. The van der Waals surface area contributed by atoms with Gasteiger partial charge < -0.3 is 9.05 Å². The zero-order valence-corrected chi connectivity index (χ0v) is 12.6. The minimum absolute atomic E-state index is 0. The molecule has 0 aliphatic carbocycles. The Morgan fingerprint density at radius 2 is 1.00 bits per heavy atom. The van der Waals surface area contributed by atoms with Gasteiger partial charge in [0.05, 0.1) is 0 Å². The fourth-order valence-corrected chi connectivity index (χ4v) is 1.72. The summed E-state index contributed by atoms with van der Waals surface area (Å²) in [5, 5.41) is 0. The molecule has 120 valence electrons. The third-order valence-electron chi connectivity index (χ3n) is 2.18. The van der Waals surface area contributed by atoms with Crippen LogP contribution in [0.25, 0.3) is 0 Å². The first-order valence-electron chi connectivity index (χ1n) is 4.89. The molecule has 0 N–H and O–H groups in total. The van der Waals surface area contributed by atoms with Crippen LogP contribution in [-0.4, -0.2) is 52.6 Å². The number of hydrogen-bond donors (Lipinski definition) is 0. The van der Waals surface area contributed by atoms with Crippen LogP contribution in [0.1, 0.15) is 36.1 Å². The van der Waals surface area contributed by atoms with Gasteiger partial charge in [0, 0.05) is 26.5 Å². The molecule has 0 aliphatic heterocycles. The van der Waals surface area contributed by atoms with Crippen molar-refractivity contribution in [1.82, 2.24) is 0 Å². The van der Waals surface area contributed by atoms with Gasteiger partial charge >= 0.3 is 0 Å². The highest BCUT2D eigenvalue weighted by atomic mass is 31.2. The predicted molar refractivity (Wildman–Crippen MR) is 102 cm³/mol. The molecule has 2 unspecified atom stereocenters. The lowest BCUT2D eigenvalue weighted by atomic mass is 11.0. The standard InChI is InChI=1S/2C5H12NOP.3CH4/c2*1-5-8(4,6-2)7-3;;;/h2*2,4-5H2,1,3H3;3*1H4. The third kappa shape index (κ3) is 14.1. The Bertz CT molecular complexity index is 259. The fraction of sp³-hybridized carbons (Fsp3) is 0.692. The topological polar surface area (TPSA) is 43.2 Å². The first kappa shape index (κ1) is 31.3. The summed E-state index contributed by atoms with van der Waals surface area (Å²) in [5.41, 5.74) is 0. The van der Waals surface area contributed by atoms with Gasteiger partial charge in [-0.1, -0.05) is 48.7 Å². The van der Waals surface area contributed by atoms with Gasteiger partial charge in [-0.15, -0.1) is 0 Å². The maximum absolute atomic E-state index is 5.01. The summed E-state index contributed by atoms with van der Waals surface area (Å²) in [6.07, 6.45) is 9.31. The molecule has 0 aromatic rings. The van der Waals surface area contributed by atoms with Gasteiger partial charge in [-0.05, 0) is 13.4 Å². The van der Waals surface area contributed by atoms with Crippen LogP contribution in [0.4, 0.5) is 0 Å². The van der Waals surface area contributed by atoms with E-state index in [1.807, 2.05) is 13.8 Å². The molecule has 0 aromatic carbocycles. The maximum atomic E-state index is 5.01. The predicted octanol–water partition coefficient (Wildman–Crippen LogP) is 5.17. The molecule has 19 heavy (non-hydrogen) atoms. The first-order chi connectivity index (χ1) is 7.36. The molecule has 4 nitrogen and oxygen atoms in total. The third-order valence-corrected chi connectivity index (χ3v) is 6.55. The van der Waals surface area contributed by atoms with Gasteiger partial charge in [0.2, 0.25) is 0 Å². The van der Waals surface area contributed by atoms with E-state index in [0.717, 1.165) is 12.3 Å². The number of rotatable bonds is 6. The van der Waals surface area contributed by atoms with Crippen molar-refractivity contribution in [2.45, 2.75) is 36.1 Å². The highest BCUT2D eigenvalue weighted by Crippen LogP contribution is 2.45. The molecule has 0 saturated heterocycles. The molecule has 6 heteroatoms. The second-order valence-corrected chi connectivity index (χ2v) is 8.92. The molecular weight excluding hydrogens is 278 g/mol. The monoisotopic (exact) mass is 314 g/mol. The molecule has 0 rings (SSSR count). The van der Waals surface area contributed by atoms with Crippen molar-refractivity contribution in [3.8, 4) is 0 Å². The second-order valence-electron chi connectivity index (χ2n) is 2.97. The van der Waals surface area contributed by atoms with Crippen molar-refractivity contribution >= 4 is 40.6 Å². The molecule has 0 amide bonds. The highest BCUT2D eigenvalue weighted by molar-refractivity contribution is 7.68. The Morgan fingerprint density at radius 1 is 0.789 bits per heavy atom. The minimum atomic E-state index is -1.65. The molecule has 0 fully saturated rings. The van der Waals surface area contributed by atoms with E-state index in [-0.39, 0.29) is 22.3 Å². The van der Waals surface area contributed by atoms with Gasteiger partial charge in [0.1, 0.15) is 14.5 Å². The van der Waals surface area contributed by atoms with E-state index < -0.39 is 14.5 Å². The quantitative estimate of drug-likeness (QED) is 0.501. The Labute approximate surface area is 122 Å². The van der Waals surface area contributed by atoms with E-state index in [0.29, 0.717) is 0 Å². The largest absolute Gasteiger partial charge is 0.344 e. The normalized spacial score (nSPS) is 14.5. The van der Waals surface area contributed by atoms with Gasteiger partial charge in [-0.3, -0.25) is 9.53 Å². The van der Waals surface area contributed by atoms with E-state index >= 15 is 0 Å². The molecule has 0 radical (unpaired) electrons. The summed E-state index contributed by atoms with van der Waals surface area (Å²) in [5.74, 6) is 0. The van der Waals surface area contributed by atoms with Crippen molar-refractivity contribution in [3.05, 3.63) is 0 Å². The lowest BCUT2D eigenvalue weighted by molar-refractivity contribution is 0.459. The van der Waals surface area contributed by atoms with Crippen LogP contribution in [0.3, 0.4) is 0 Å². The Hall–Kier alpha value is -0.140. The zero-order valence-electron chi connectivity index (χ0n) is 10.8. The van der Waals surface area contributed by atoms with Crippen LogP contribution in [0.15, 0.2) is 9.53 Å². The number of hydrogen-bond acceptors (Lipinski definition) is 4.